The molecule has 0 aromatic heterocycles. The fraction of sp³-hybridized carbons (Fsp3) is 0.0435. The van der Waals surface area contributed by atoms with Crippen LogP contribution in [-0.4, -0.2) is 11.8 Å². The Kier molecular flexibility index (Phi) is 6.90. The average molecular weight is 597 g/mol. The molecule has 1 saturated heterocycles. The maximum Gasteiger partial charge on any atom is 0.282 e. The number of benzene rings is 3. The molecule has 0 radical (unpaired) electrons. The molecule has 0 aliphatic carbocycles. The van der Waals surface area contributed by atoms with Gasteiger partial charge in [-0.1, -0.05) is 47.5 Å². The second-order valence-electron chi connectivity index (χ2n) is 6.81. The van der Waals surface area contributed by atoms with E-state index in [0.717, 1.165) is 5.56 Å². The van der Waals surface area contributed by atoms with Crippen LogP contribution >= 0.6 is 55.1 Å². The number of hydrazine groups is 1. The van der Waals surface area contributed by atoms with Gasteiger partial charge in [-0.15, -0.1) is 0 Å². The molecule has 1 aliphatic heterocycles. The zero-order valence-electron chi connectivity index (χ0n) is 16.2. The van der Waals surface area contributed by atoms with Crippen molar-refractivity contribution in [3.8, 4) is 5.75 Å². The van der Waals surface area contributed by atoms with Crippen LogP contribution in [-0.2, 0) is 16.2 Å². The number of amides is 2. The summed E-state index contributed by atoms with van der Waals surface area (Å²) >= 11 is 19.1. The molecule has 5 nitrogen and oxygen atoms in total. The lowest BCUT2D eigenvalue weighted by Crippen LogP contribution is -2.35. The standard InChI is InChI=1S/C23H14Br2Cl2N2O3/c24-18-9-13(8-17-22(30)28-29(23(17)31)16-4-2-1-3-5-16)10-19(25)21(18)32-12-14-6-7-15(26)11-20(14)27/h1-11H,12H2,(H,28,30)/b17-8-. The third-order valence-corrected chi connectivity index (χ3v) is 6.39. The summed E-state index contributed by atoms with van der Waals surface area (Å²) < 4.78 is 7.22. The van der Waals surface area contributed by atoms with Gasteiger partial charge >= 0.3 is 0 Å². The van der Waals surface area contributed by atoms with Crippen LogP contribution in [0.15, 0.2) is 75.2 Å². The first kappa shape index (κ1) is 22.9. The Balaban J connectivity index is 1.56. The van der Waals surface area contributed by atoms with Crippen molar-refractivity contribution in [2.45, 2.75) is 6.61 Å². The van der Waals surface area contributed by atoms with Crippen molar-refractivity contribution < 1.29 is 14.3 Å². The van der Waals surface area contributed by atoms with Crippen molar-refractivity contribution in [2.24, 2.45) is 0 Å². The van der Waals surface area contributed by atoms with E-state index in [2.05, 4.69) is 37.3 Å². The van der Waals surface area contributed by atoms with E-state index < -0.39 is 11.8 Å². The van der Waals surface area contributed by atoms with Gasteiger partial charge in [0, 0.05) is 15.6 Å². The zero-order valence-corrected chi connectivity index (χ0v) is 20.9. The molecule has 1 fully saturated rings. The molecular weight excluding hydrogens is 583 g/mol. The largest absolute Gasteiger partial charge is 0.486 e. The minimum Gasteiger partial charge on any atom is -0.486 e. The van der Waals surface area contributed by atoms with Crippen molar-refractivity contribution in [3.63, 3.8) is 0 Å². The van der Waals surface area contributed by atoms with Gasteiger partial charge in [0.05, 0.1) is 14.6 Å². The van der Waals surface area contributed by atoms with Gasteiger partial charge in [0.25, 0.3) is 11.8 Å². The first-order valence-electron chi connectivity index (χ1n) is 9.31. The summed E-state index contributed by atoms with van der Waals surface area (Å²) in [5.41, 5.74) is 4.64. The van der Waals surface area contributed by atoms with Crippen molar-refractivity contribution in [2.75, 3.05) is 5.01 Å². The van der Waals surface area contributed by atoms with Crippen molar-refractivity contribution in [1.82, 2.24) is 5.43 Å². The highest BCUT2D eigenvalue weighted by atomic mass is 79.9. The molecule has 1 aliphatic rings. The summed E-state index contributed by atoms with van der Waals surface area (Å²) in [6.07, 6.45) is 1.54. The lowest BCUT2D eigenvalue weighted by Gasteiger charge is -2.14. The summed E-state index contributed by atoms with van der Waals surface area (Å²) in [5, 5.41) is 2.29. The molecule has 4 rings (SSSR count). The van der Waals surface area contributed by atoms with E-state index in [4.69, 9.17) is 27.9 Å². The van der Waals surface area contributed by atoms with E-state index >= 15 is 0 Å². The summed E-state index contributed by atoms with van der Waals surface area (Å²) in [6.45, 7) is 0.237. The smallest absolute Gasteiger partial charge is 0.282 e. The predicted octanol–water partition coefficient (Wildman–Crippen LogP) is 6.56. The Hall–Kier alpha value is -2.32. The number of anilines is 1. The summed E-state index contributed by atoms with van der Waals surface area (Å²) in [7, 11) is 0. The number of para-hydroxylation sites is 1. The summed E-state index contributed by atoms with van der Waals surface area (Å²) in [4.78, 5) is 25.2. The second kappa shape index (κ2) is 9.67. The van der Waals surface area contributed by atoms with Crippen LogP contribution in [0.5, 0.6) is 5.75 Å². The fourth-order valence-electron chi connectivity index (χ4n) is 3.07. The van der Waals surface area contributed by atoms with Crippen LogP contribution in [0.1, 0.15) is 11.1 Å². The van der Waals surface area contributed by atoms with Gasteiger partial charge in [0.15, 0.2) is 0 Å². The number of rotatable bonds is 5. The predicted molar refractivity (Wildman–Crippen MR) is 133 cm³/mol. The van der Waals surface area contributed by atoms with Crippen LogP contribution in [0, 0.1) is 0 Å². The van der Waals surface area contributed by atoms with Crippen LogP contribution in [0.2, 0.25) is 10.0 Å². The Labute approximate surface area is 211 Å². The van der Waals surface area contributed by atoms with Gasteiger partial charge in [0.2, 0.25) is 0 Å². The number of carbonyl (C=O) groups excluding carboxylic acids is 2. The summed E-state index contributed by atoms with van der Waals surface area (Å²) in [5.74, 6) is -0.332. The fourth-order valence-corrected chi connectivity index (χ4v) is 4.99. The van der Waals surface area contributed by atoms with E-state index in [1.54, 1.807) is 54.6 Å². The maximum absolute atomic E-state index is 12.8. The normalized spacial score (nSPS) is 14.8. The molecule has 0 spiro atoms. The van der Waals surface area contributed by atoms with E-state index in [1.165, 1.54) is 11.1 Å². The molecule has 2 amide bonds. The highest BCUT2D eigenvalue weighted by Crippen LogP contribution is 2.37. The second-order valence-corrected chi connectivity index (χ2v) is 9.37. The van der Waals surface area contributed by atoms with E-state index in [-0.39, 0.29) is 12.2 Å². The number of hydrogen-bond acceptors (Lipinski definition) is 3. The van der Waals surface area contributed by atoms with Gasteiger partial charge < -0.3 is 4.74 Å². The zero-order chi connectivity index (χ0) is 22.8. The quantitative estimate of drug-likeness (QED) is 0.268. The third kappa shape index (κ3) is 4.86. The number of carbonyl (C=O) groups is 2. The third-order valence-electron chi connectivity index (χ3n) is 4.62. The SMILES string of the molecule is O=C1NN(c2ccccc2)C(=O)/C1=C\c1cc(Br)c(OCc2ccc(Cl)cc2Cl)c(Br)c1. The number of hydrogen-bond donors (Lipinski definition) is 1. The van der Waals surface area contributed by atoms with Gasteiger partial charge in [-0.05, 0) is 79.9 Å². The minimum atomic E-state index is -0.469. The molecule has 0 unspecified atom stereocenters. The Morgan fingerprint density at radius 3 is 2.31 bits per heavy atom. The molecule has 3 aromatic rings. The minimum absolute atomic E-state index is 0.0364. The molecule has 9 heteroatoms. The monoisotopic (exact) mass is 594 g/mol. The van der Waals surface area contributed by atoms with Gasteiger partial charge in [0.1, 0.15) is 17.9 Å². The first-order chi connectivity index (χ1) is 15.3. The summed E-state index contributed by atoms with van der Waals surface area (Å²) in [6, 6.07) is 17.6. The number of nitrogens with one attached hydrogen (secondary N) is 1. The average Bonchev–Trinajstić information content (AvgIpc) is 3.03. The van der Waals surface area contributed by atoms with Gasteiger partial charge in [-0.25, -0.2) is 5.01 Å². The Morgan fingerprint density at radius 2 is 1.66 bits per heavy atom. The molecule has 1 N–H and O–H groups in total. The molecule has 32 heavy (non-hydrogen) atoms. The Bertz CT molecular complexity index is 1230. The molecule has 0 bridgehead atoms. The van der Waals surface area contributed by atoms with Crippen LogP contribution in [0.3, 0.4) is 0 Å². The van der Waals surface area contributed by atoms with E-state index in [9.17, 15) is 9.59 Å². The molecule has 0 saturated carbocycles. The highest BCUT2D eigenvalue weighted by molar-refractivity contribution is 9.11. The first-order valence-corrected chi connectivity index (χ1v) is 11.7. The molecular formula is C23H14Br2Cl2N2O3. The van der Waals surface area contributed by atoms with Crippen LogP contribution in [0.4, 0.5) is 5.69 Å². The van der Waals surface area contributed by atoms with Crippen LogP contribution < -0.4 is 15.2 Å². The van der Waals surface area contributed by atoms with E-state index in [1.807, 2.05) is 6.07 Å². The molecule has 0 atom stereocenters. The van der Waals surface area contributed by atoms with Crippen molar-refractivity contribution in [3.05, 3.63) is 96.4 Å². The molecule has 162 valence electrons. The Morgan fingerprint density at radius 1 is 0.969 bits per heavy atom. The lowest BCUT2D eigenvalue weighted by atomic mass is 10.1. The van der Waals surface area contributed by atoms with Crippen molar-refractivity contribution in [1.29, 1.82) is 0 Å². The lowest BCUT2D eigenvalue weighted by molar-refractivity contribution is -0.117. The highest BCUT2D eigenvalue weighted by Gasteiger charge is 2.34. The van der Waals surface area contributed by atoms with Gasteiger partial charge in [-0.3, -0.25) is 15.0 Å². The number of nitrogens with zero attached hydrogens (tertiary/aromatic N) is 1. The molecule has 3 aromatic carbocycles. The molecule has 1 heterocycles. The van der Waals surface area contributed by atoms with Crippen molar-refractivity contribution >= 4 is 78.6 Å². The van der Waals surface area contributed by atoms with Gasteiger partial charge in [-0.2, -0.15) is 0 Å². The number of halogens is 4. The van der Waals surface area contributed by atoms with E-state index in [0.29, 0.717) is 36.0 Å². The number of ether oxygens (including phenoxy) is 1. The maximum atomic E-state index is 12.8. The van der Waals surface area contributed by atoms with Crippen LogP contribution in [0.25, 0.3) is 6.08 Å². The topological polar surface area (TPSA) is 58.6 Å².